The molecule has 0 bridgehead atoms. The highest BCUT2D eigenvalue weighted by Crippen LogP contribution is 2.28. The number of aliphatic hydroxyl groups is 1. The van der Waals surface area contributed by atoms with Gasteiger partial charge in [0.05, 0.1) is 24.6 Å². The lowest BCUT2D eigenvalue weighted by atomic mass is 9.87. The molecule has 3 N–H and O–H groups in total. The van der Waals surface area contributed by atoms with E-state index < -0.39 is 5.60 Å². The van der Waals surface area contributed by atoms with E-state index in [9.17, 15) is 9.90 Å². The van der Waals surface area contributed by atoms with Crippen molar-refractivity contribution in [2.24, 2.45) is 11.7 Å². The number of benzene rings is 1. The Labute approximate surface area is 114 Å². The zero-order valence-electron chi connectivity index (χ0n) is 11.5. The van der Waals surface area contributed by atoms with Gasteiger partial charge in [0.15, 0.2) is 0 Å². The normalized spacial score (nSPS) is 20.5. The van der Waals surface area contributed by atoms with Crippen LogP contribution >= 0.6 is 0 Å². The third kappa shape index (κ3) is 2.80. The number of likely N-dealkylation sites (tertiary alicyclic amines) is 1. The molecule has 1 saturated heterocycles. The topological polar surface area (TPSA) is 66.6 Å². The number of hydrogen-bond donors (Lipinski definition) is 2. The smallest absolute Gasteiger partial charge is 0.227 e. The molecule has 0 saturated carbocycles. The minimum Gasteiger partial charge on any atom is -0.386 e. The molecule has 1 aromatic carbocycles. The Morgan fingerprint density at radius 1 is 1.42 bits per heavy atom. The third-order valence-corrected chi connectivity index (χ3v) is 4.05. The van der Waals surface area contributed by atoms with Gasteiger partial charge in [0.2, 0.25) is 5.91 Å². The molecule has 2 atom stereocenters. The van der Waals surface area contributed by atoms with Crippen LogP contribution in [0.5, 0.6) is 0 Å². The summed E-state index contributed by atoms with van der Waals surface area (Å²) >= 11 is 0. The minimum absolute atomic E-state index is 0.0227. The van der Waals surface area contributed by atoms with Crippen LogP contribution in [0.4, 0.5) is 0 Å². The van der Waals surface area contributed by atoms with Crippen molar-refractivity contribution in [1.82, 2.24) is 4.90 Å². The fraction of sp³-hybridized carbons (Fsp3) is 0.533. The molecular formula is C15H22N2O2. The lowest BCUT2D eigenvalue weighted by Crippen LogP contribution is -2.64. The molecule has 0 spiro atoms. The van der Waals surface area contributed by atoms with Crippen LogP contribution in [-0.2, 0) is 4.79 Å². The van der Waals surface area contributed by atoms with Gasteiger partial charge in [0.1, 0.15) is 0 Å². The zero-order chi connectivity index (χ0) is 14.0. The fourth-order valence-electron chi connectivity index (χ4n) is 2.45. The minimum atomic E-state index is -0.688. The van der Waals surface area contributed by atoms with Crippen LogP contribution in [0, 0.1) is 5.92 Å². The summed E-state index contributed by atoms with van der Waals surface area (Å²) in [6.07, 6.45) is 0.676. The molecule has 19 heavy (non-hydrogen) atoms. The van der Waals surface area contributed by atoms with E-state index in [1.165, 1.54) is 0 Å². The van der Waals surface area contributed by atoms with E-state index >= 15 is 0 Å². The molecule has 4 nitrogen and oxygen atoms in total. The molecule has 0 aromatic heterocycles. The Hall–Kier alpha value is -1.39. The van der Waals surface area contributed by atoms with Gasteiger partial charge in [-0.15, -0.1) is 0 Å². The van der Waals surface area contributed by atoms with E-state index in [1.807, 2.05) is 44.2 Å². The number of hydrogen-bond acceptors (Lipinski definition) is 3. The Kier molecular flexibility index (Phi) is 3.92. The maximum Gasteiger partial charge on any atom is 0.227 e. The second kappa shape index (κ2) is 5.31. The predicted molar refractivity (Wildman–Crippen MR) is 74.4 cm³/mol. The van der Waals surface area contributed by atoms with Gasteiger partial charge in [-0.25, -0.2) is 0 Å². The van der Waals surface area contributed by atoms with Crippen LogP contribution in [0.15, 0.2) is 30.3 Å². The molecule has 1 aromatic rings. The van der Waals surface area contributed by atoms with Crippen LogP contribution in [0.2, 0.25) is 0 Å². The summed E-state index contributed by atoms with van der Waals surface area (Å²) in [5.74, 6) is -0.252. The van der Waals surface area contributed by atoms with E-state index in [4.69, 9.17) is 5.73 Å². The third-order valence-electron chi connectivity index (χ3n) is 4.05. The van der Waals surface area contributed by atoms with E-state index in [0.29, 0.717) is 19.5 Å². The summed E-state index contributed by atoms with van der Waals surface area (Å²) in [5, 5.41) is 9.95. The van der Waals surface area contributed by atoms with Gasteiger partial charge >= 0.3 is 0 Å². The summed E-state index contributed by atoms with van der Waals surface area (Å²) in [4.78, 5) is 14.0. The number of nitrogens with two attached hydrogens (primary N) is 1. The zero-order valence-corrected chi connectivity index (χ0v) is 11.5. The molecule has 0 radical (unpaired) electrons. The first-order valence-electron chi connectivity index (χ1n) is 6.78. The number of amides is 1. The maximum atomic E-state index is 12.3. The Morgan fingerprint density at radius 2 is 2.00 bits per heavy atom. The maximum absolute atomic E-state index is 12.3. The second-order valence-electron chi connectivity index (χ2n) is 5.50. The molecule has 1 heterocycles. The van der Waals surface area contributed by atoms with Crippen LogP contribution < -0.4 is 5.73 Å². The summed E-state index contributed by atoms with van der Waals surface area (Å²) < 4.78 is 0. The first-order chi connectivity index (χ1) is 8.97. The number of carbonyl (C=O) groups is 1. The van der Waals surface area contributed by atoms with Crippen molar-refractivity contribution in [3.8, 4) is 0 Å². The van der Waals surface area contributed by atoms with Crippen molar-refractivity contribution < 1.29 is 9.90 Å². The van der Waals surface area contributed by atoms with E-state index in [2.05, 4.69) is 0 Å². The highest BCUT2D eigenvalue weighted by atomic mass is 16.3. The average molecular weight is 262 g/mol. The van der Waals surface area contributed by atoms with Crippen molar-refractivity contribution in [2.75, 3.05) is 13.1 Å². The summed E-state index contributed by atoms with van der Waals surface area (Å²) in [6.45, 7) is 4.63. The van der Waals surface area contributed by atoms with Crippen molar-refractivity contribution in [3.05, 3.63) is 35.9 Å². The second-order valence-corrected chi connectivity index (χ2v) is 5.50. The van der Waals surface area contributed by atoms with Gasteiger partial charge in [0, 0.05) is 6.04 Å². The number of carbonyl (C=O) groups excluding carboxylic acids is 1. The highest BCUT2D eigenvalue weighted by Gasteiger charge is 2.43. The standard InChI is InChI=1S/C15H22N2O2/c1-3-15(19)9-17(10-15)14(18)11(2)13(16)12-7-5-4-6-8-12/h4-8,11,13,19H,3,9-10,16H2,1-2H3. The Balaban J connectivity index is 1.97. The molecule has 1 fully saturated rings. The van der Waals surface area contributed by atoms with Gasteiger partial charge in [-0.2, -0.15) is 0 Å². The molecule has 1 aliphatic rings. The number of β-amino-alcohol motifs (C(OH)–C–C–N with tert-alkyl or cyclic N) is 1. The van der Waals surface area contributed by atoms with Crippen LogP contribution in [0.25, 0.3) is 0 Å². The summed E-state index contributed by atoms with van der Waals surface area (Å²) in [7, 11) is 0. The van der Waals surface area contributed by atoms with Crippen LogP contribution in [0.1, 0.15) is 31.9 Å². The SMILES string of the molecule is CCC1(O)CN(C(=O)C(C)C(N)c2ccccc2)C1. The van der Waals surface area contributed by atoms with Crippen molar-refractivity contribution in [3.63, 3.8) is 0 Å². The molecule has 1 amide bonds. The fourth-order valence-corrected chi connectivity index (χ4v) is 2.45. The van der Waals surface area contributed by atoms with Crippen molar-refractivity contribution in [1.29, 1.82) is 0 Å². The van der Waals surface area contributed by atoms with Crippen molar-refractivity contribution in [2.45, 2.75) is 31.9 Å². The lowest BCUT2D eigenvalue weighted by molar-refractivity contribution is -0.160. The van der Waals surface area contributed by atoms with Gasteiger partial charge in [-0.1, -0.05) is 44.2 Å². The van der Waals surface area contributed by atoms with Gasteiger partial charge in [-0.05, 0) is 12.0 Å². The highest BCUT2D eigenvalue weighted by molar-refractivity contribution is 5.80. The van der Waals surface area contributed by atoms with Crippen LogP contribution in [0.3, 0.4) is 0 Å². The molecule has 1 aliphatic heterocycles. The Morgan fingerprint density at radius 3 is 2.53 bits per heavy atom. The largest absolute Gasteiger partial charge is 0.386 e. The van der Waals surface area contributed by atoms with Crippen LogP contribution in [-0.4, -0.2) is 34.6 Å². The summed E-state index contributed by atoms with van der Waals surface area (Å²) in [6, 6.07) is 9.35. The van der Waals surface area contributed by atoms with E-state index in [1.54, 1.807) is 4.90 Å². The van der Waals surface area contributed by atoms with E-state index in [0.717, 1.165) is 5.56 Å². The van der Waals surface area contributed by atoms with Gasteiger partial charge in [0.25, 0.3) is 0 Å². The summed E-state index contributed by atoms with van der Waals surface area (Å²) in [5.41, 5.74) is 6.43. The first-order valence-corrected chi connectivity index (χ1v) is 6.78. The molecule has 0 aliphatic carbocycles. The van der Waals surface area contributed by atoms with Gasteiger partial charge < -0.3 is 15.7 Å². The number of nitrogens with zero attached hydrogens (tertiary/aromatic N) is 1. The van der Waals surface area contributed by atoms with Gasteiger partial charge in [-0.3, -0.25) is 4.79 Å². The molecule has 2 rings (SSSR count). The Bertz CT molecular complexity index is 441. The first kappa shape index (κ1) is 14.0. The molecule has 104 valence electrons. The predicted octanol–water partition coefficient (Wildman–Crippen LogP) is 1.31. The lowest BCUT2D eigenvalue weighted by Gasteiger charge is -2.47. The quantitative estimate of drug-likeness (QED) is 0.859. The molecular weight excluding hydrogens is 240 g/mol. The monoisotopic (exact) mass is 262 g/mol. The van der Waals surface area contributed by atoms with E-state index in [-0.39, 0.29) is 17.9 Å². The number of rotatable bonds is 4. The average Bonchev–Trinajstić information content (AvgIpc) is 2.42. The molecule has 2 unspecified atom stereocenters. The molecule has 4 heteroatoms. The van der Waals surface area contributed by atoms with Crippen molar-refractivity contribution >= 4 is 5.91 Å².